The van der Waals surface area contributed by atoms with Gasteiger partial charge in [-0.15, -0.1) is 0 Å². The second-order valence-electron chi connectivity index (χ2n) is 3.91. The standard InChI is InChI=1S/C13H13BrN2O3/c1-8(7-15)19-13(18)9(2)16-12(17)10-3-5-11(14)6-4-10/h3-6,8-9H,1-2H3,(H,16,17)/t8-,9-/m0/s1. The summed E-state index contributed by atoms with van der Waals surface area (Å²) in [7, 11) is 0. The molecule has 1 aromatic carbocycles. The van der Waals surface area contributed by atoms with Gasteiger partial charge in [0.15, 0.2) is 6.10 Å². The van der Waals surface area contributed by atoms with Gasteiger partial charge in [0, 0.05) is 10.0 Å². The molecular formula is C13H13BrN2O3. The third-order valence-electron chi connectivity index (χ3n) is 2.28. The normalized spacial score (nSPS) is 12.9. The molecule has 5 nitrogen and oxygen atoms in total. The molecule has 0 aliphatic carbocycles. The van der Waals surface area contributed by atoms with Gasteiger partial charge in [-0.1, -0.05) is 15.9 Å². The van der Waals surface area contributed by atoms with E-state index in [9.17, 15) is 9.59 Å². The Balaban J connectivity index is 2.59. The minimum absolute atomic E-state index is 0.374. The Kier molecular flexibility index (Phi) is 5.52. The molecular weight excluding hydrogens is 312 g/mol. The summed E-state index contributed by atoms with van der Waals surface area (Å²) in [5.41, 5.74) is 0.441. The molecule has 0 bridgehead atoms. The van der Waals surface area contributed by atoms with Gasteiger partial charge in [-0.25, -0.2) is 4.79 Å². The molecule has 100 valence electrons. The van der Waals surface area contributed by atoms with E-state index in [1.54, 1.807) is 30.3 Å². The maximum absolute atomic E-state index is 11.8. The van der Waals surface area contributed by atoms with Crippen LogP contribution in [-0.2, 0) is 9.53 Å². The first-order valence-corrected chi connectivity index (χ1v) is 6.40. The molecule has 0 fully saturated rings. The zero-order chi connectivity index (χ0) is 14.4. The zero-order valence-corrected chi connectivity index (χ0v) is 12.1. The number of nitrogens with zero attached hydrogens (tertiary/aromatic N) is 1. The average molecular weight is 325 g/mol. The molecule has 0 aromatic heterocycles. The lowest BCUT2D eigenvalue weighted by molar-refractivity contribution is -0.147. The molecule has 2 atom stereocenters. The van der Waals surface area contributed by atoms with Crippen LogP contribution in [0.1, 0.15) is 24.2 Å². The van der Waals surface area contributed by atoms with Crippen molar-refractivity contribution in [2.45, 2.75) is 26.0 Å². The number of halogens is 1. The van der Waals surface area contributed by atoms with E-state index in [0.29, 0.717) is 5.56 Å². The van der Waals surface area contributed by atoms with Gasteiger partial charge in [-0.05, 0) is 38.1 Å². The monoisotopic (exact) mass is 324 g/mol. The molecule has 1 N–H and O–H groups in total. The molecule has 0 aliphatic heterocycles. The Bertz CT molecular complexity index is 508. The first kappa shape index (κ1) is 15.2. The minimum Gasteiger partial charge on any atom is -0.446 e. The van der Waals surface area contributed by atoms with Crippen molar-refractivity contribution in [1.82, 2.24) is 5.32 Å². The molecule has 0 aliphatic rings. The summed E-state index contributed by atoms with van der Waals surface area (Å²) >= 11 is 3.27. The molecule has 0 saturated heterocycles. The number of benzene rings is 1. The molecule has 0 heterocycles. The maximum atomic E-state index is 11.8. The van der Waals surface area contributed by atoms with Crippen LogP contribution in [0, 0.1) is 11.3 Å². The van der Waals surface area contributed by atoms with Gasteiger partial charge in [-0.2, -0.15) is 5.26 Å². The summed E-state index contributed by atoms with van der Waals surface area (Å²) in [5, 5.41) is 11.0. The maximum Gasteiger partial charge on any atom is 0.329 e. The van der Waals surface area contributed by atoms with Gasteiger partial charge in [0.1, 0.15) is 12.1 Å². The van der Waals surface area contributed by atoms with E-state index in [-0.39, 0.29) is 5.91 Å². The number of nitriles is 1. The Morgan fingerprint density at radius 1 is 1.32 bits per heavy atom. The Morgan fingerprint density at radius 3 is 2.42 bits per heavy atom. The third-order valence-corrected chi connectivity index (χ3v) is 2.81. The molecule has 1 rings (SSSR count). The number of ether oxygens (including phenoxy) is 1. The topological polar surface area (TPSA) is 79.2 Å². The molecule has 0 saturated carbocycles. The largest absolute Gasteiger partial charge is 0.446 e. The van der Waals surface area contributed by atoms with E-state index in [0.717, 1.165) is 4.47 Å². The smallest absolute Gasteiger partial charge is 0.329 e. The SMILES string of the molecule is C[C@H](NC(=O)c1ccc(Br)cc1)C(=O)O[C@@H](C)C#N. The van der Waals surface area contributed by atoms with Crippen molar-refractivity contribution < 1.29 is 14.3 Å². The Morgan fingerprint density at radius 2 is 1.89 bits per heavy atom. The van der Waals surface area contributed by atoms with Crippen LogP contribution in [0.5, 0.6) is 0 Å². The van der Waals surface area contributed by atoms with Crippen LogP contribution >= 0.6 is 15.9 Å². The Hall–Kier alpha value is -1.87. The lowest BCUT2D eigenvalue weighted by Gasteiger charge is -2.14. The summed E-state index contributed by atoms with van der Waals surface area (Å²) in [4.78, 5) is 23.4. The van der Waals surface area contributed by atoms with E-state index >= 15 is 0 Å². The van der Waals surface area contributed by atoms with Crippen LogP contribution in [-0.4, -0.2) is 24.0 Å². The number of esters is 1. The van der Waals surface area contributed by atoms with Gasteiger partial charge >= 0.3 is 5.97 Å². The molecule has 0 spiro atoms. The van der Waals surface area contributed by atoms with Crippen molar-refractivity contribution >= 4 is 27.8 Å². The number of rotatable bonds is 4. The van der Waals surface area contributed by atoms with Crippen LogP contribution in [0.2, 0.25) is 0 Å². The summed E-state index contributed by atoms with van der Waals surface area (Å²) in [6.07, 6.45) is -0.834. The fourth-order valence-electron chi connectivity index (χ4n) is 1.24. The first-order chi connectivity index (χ1) is 8.93. The Labute approximate surface area is 119 Å². The van der Waals surface area contributed by atoms with Crippen LogP contribution in [0.4, 0.5) is 0 Å². The number of carbonyl (C=O) groups excluding carboxylic acids is 2. The van der Waals surface area contributed by atoms with E-state index in [1.807, 2.05) is 0 Å². The fourth-order valence-corrected chi connectivity index (χ4v) is 1.51. The van der Waals surface area contributed by atoms with Gasteiger partial charge in [-0.3, -0.25) is 4.79 Å². The lowest BCUT2D eigenvalue weighted by Crippen LogP contribution is -2.40. The van der Waals surface area contributed by atoms with Gasteiger partial charge in [0.05, 0.1) is 0 Å². The van der Waals surface area contributed by atoms with Gasteiger partial charge in [0.25, 0.3) is 5.91 Å². The van der Waals surface area contributed by atoms with Crippen LogP contribution in [0.25, 0.3) is 0 Å². The number of hydrogen-bond acceptors (Lipinski definition) is 4. The number of amides is 1. The molecule has 19 heavy (non-hydrogen) atoms. The predicted molar refractivity (Wildman–Crippen MR) is 72.2 cm³/mol. The van der Waals surface area contributed by atoms with E-state index in [1.165, 1.54) is 13.8 Å². The number of carbonyl (C=O) groups is 2. The van der Waals surface area contributed by atoms with E-state index < -0.39 is 18.1 Å². The number of nitrogens with one attached hydrogen (secondary N) is 1. The highest BCUT2D eigenvalue weighted by molar-refractivity contribution is 9.10. The van der Waals surface area contributed by atoms with Crippen molar-refractivity contribution in [3.63, 3.8) is 0 Å². The van der Waals surface area contributed by atoms with Crippen molar-refractivity contribution in [3.8, 4) is 6.07 Å². The highest BCUT2D eigenvalue weighted by Gasteiger charge is 2.19. The molecule has 1 aromatic rings. The quantitative estimate of drug-likeness (QED) is 0.859. The summed E-state index contributed by atoms with van der Waals surface area (Å²) in [6, 6.07) is 7.70. The van der Waals surface area contributed by atoms with E-state index in [2.05, 4.69) is 21.2 Å². The van der Waals surface area contributed by atoms with E-state index in [4.69, 9.17) is 10.00 Å². The van der Waals surface area contributed by atoms with Gasteiger partial charge < -0.3 is 10.1 Å². The average Bonchev–Trinajstić information content (AvgIpc) is 2.38. The summed E-state index contributed by atoms with van der Waals surface area (Å²) < 4.78 is 5.66. The minimum atomic E-state index is -0.834. The molecule has 0 unspecified atom stereocenters. The van der Waals surface area contributed by atoms with Crippen molar-refractivity contribution in [2.24, 2.45) is 0 Å². The molecule has 0 radical (unpaired) electrons. The fraction of sp³-hybridized carbons (Fsp3) is 0.308. The lowest BCUT2D eigenvalue weighted by atomic mass is 10.2. The van der Waals surface area contributed by atoms with Crippen LogP contribution in [0.3, 0.4) is 0 Å². The van der Waals surface area contributed by atoms with Crippen molar-refractivity contribution in [1.29, 1.82) is 5.26 Å². The highest BCUT2D eigenvalue weighted by Crippen LogP contribution is 2.10. The molecule has 1 amide bonds. The number of hydrogen-bond donors (Lipinski definition) is 1. The molecule has 6 heteroatoms. The van der Waals surface area contributed by atoms with Gasteiger partial charge in [0.2, 0.25) is 0 Å². The van der Waals surface area contributed by atoms with Crippen molar-refractivity contribution in [3.05, 3.63) is 34.3 Å². The summed E-state index contributed by atoms with van der Waals surface area (Å²) in [5.74, 6) is -1.01. The first-order valence-electron chi connectivity index (χ1n) is 5.60. The van der Waals surface area contributed by atoms with Crippen molar-refractivity contribution in [2.75, 3.05) is 0 Å². The summed E-state index contributed by atoms with van der Waals surface area (Å²) in [6.45, 7) is 2.96. The third kappa shape index (κ3) is 4.72. The van der Waals surface area contributed by atoms with Crippen LogP contribution in [0.15, 0.2) is 28.7 Å². The highest BCUT2D eigenvalue weighted by atomic mass is 79.9. The van der Waals surface area contributed by atoms with Crippen LogP contribution < -0.4 is 5.32 Å². The predicted octanol–water partition coefficient (Wildman–Crippen LogP) is 2.02. The zero-order valence-electron chi connectivity index (χ0n) is 10.5. The second kappa shape index (κ2) is 6.90. The second-order valence-corrected chi connectivity index (χ2v) is 4.83.